The molecule has 6 nitrogen and oxygen atoms in total. The zero-order valence-electron chi connectivity index (χ0n) is 9.41. The number of sulfonamides is 1. The molecule has 0 spiro atoms. The van der Waals surface area contributed by atoms with Crippen molar-refractivity contribution in [3.8, 4) is 0 Å². The van der Waals surface area contributed by atoms with E-state index in [1.807, 2.05) is 0 Å². The Balaban J connectivity index is 0.00000162. The van der Waals surface area contributed by atoms with Gasteiger partial charge in [-0.15, -0.1) is 12.4 Å². The van der Waals surface area contributed by atoms with Crippen molar-refractivity contribution < 1.29 is 8.42 Å². The molecule has 1 fully saturated rings. The van der Waals surface area contributed by atoms with Crippen molar-refractivity contribution in [2.45, 2.75) is 17.4 Å². The molecule has 4 N–H and O–H groups in total. The molecule has 1 atom stereocenters. The second kappa shape index (κ2) is 5.58. The molecule has 2 heterocycles. The van der Waals surface area contributed by atoms with Gasteiger partial charge in [0.05, 0.1) is 5.02 Å². The molecule has 0 radical (unpaired) electrons. The van der Waals surface area contributed by atoms with Crippen LogP contribution in [0.25, 0.3) is 0 Å². The second-order valence-corrected chi connectivity index (χ2v) is 6.29. The van der Waals surface area contributed by atoms with Gasteiger partial charge in [-0.3, -0.25) is 0 Å². The van der Waals surface area contributed by atoms with Crippen molar-refractivity contribution in [1.29, 1.82) is 0 Å². The predicted molar refractivity (Wildman–Crippen MR) is 72.3 cm³/mol. The summed E-state index contributed by atoms with van der Waals surface area (Å²) in [6, 6.07) is 1.18. The normalized spacial score (nSPS) is 20.7. The average molecular weight is 313 g/mol. The summed E-state index contributed by atoms with van der Waals surface area (Å²) < 4.78 is 25.8. The molecular formula is C9H14Cl2N4O2S. The number of hydrogen-bond acceptors (Lipinski definition) is 5. The first kappa shape index (κ1) is 15.5. The number of nitrogen functional groups attached to an aromatic ring is 1. The molecule has 1 aromatic rings. The summed E-state index contributed by atoms with van der Waals surface area (Å²) in [5.74, 6) is -0.0464. The minimum atomic E-state index is -3.64. The van der Waals surface area contributed by atoms with E-state index < -0.39 is 10.0 Å². The Kier molecular flexibility index (Phi) is 4.79. The number of hydrogen-bond donors (Lipinski definition) is 2. The van der Waals surface area contributed by atoms with Crippen molar-refractivity contribution in [3.63, 3.8) is 0 Å². The molecule has 1 aliphatic rings. The van der Waals surface area contributed by atoms with E-state index in [1.165, 1.54) is 16.6 Å². The van der Waals surface area contributed by atoms with Gasteiger partial charge in [0.25, 0.3) is 0 Å². The van der Waals surface area contributed by atoms with Crippen LogP contribution in [0.4, 0.5) is 5.82 Å². The molecule has 0 aliphatic carbocycles. The molecule has 102 valence electrons. The van der Waals surface area contributed by atoms with Crippen molar-refractivity contribution in [2.24, 2.45) is 5.73 Å². The molecule has 2 rings (SSSR count). The SMILES string of the molecule is Cl.Nc1ncc(Cl)cc1S(=O)(=O)N1CC[C@@H](N)C1. The van der Waals surface area contributed by atoms with Crippen LogP contribution in [0.3, 0.4) is 0 Å². The van der Waals surface area contributed by atoms with E-state index in [0.29, 0.717) is 19.5 Å². The van der Waals surface area contributed by atoms with Gasteiger partial charge in [0.1, 0.15) is 10.7 Å². The third-order valence-corrected chi connectivity index (χ3v) is 4.75. The molecule has 1 saturated heterocycles. The Morgan fingerprint density at radius 1 is 1.50 bits per heavy atom. The summed E-state index contributed by atoms with van der Waals surface area (Å²) in [7, 11) is -3.64. The van der Waals surface area contributed by atoms with Crippen molar-refractivity contribution in [3.05, 3.63) is 17.3 Å². The summed E-state index contributed by atoms with van der Waals surface area (Å²) in [5, 5.41) is 0.237. The zero-order valence-corrected chi connectivity index (χ0v) is 11.8. The molecule has 18 heavy (non-hydrogen) atoms. The number of aromatic nitrogens is 1. The van der Waals surface area contributed by atoms with E-state index in [0.717, 1.165) is 0 Å². The molecular weight excluding hydrogens is 299 g/mol. The maximum Gasteiger partial charge on any atom is 0.246 e. The number of rotatable bonds is 2. The van der Waals surface area contributed by atoms with E-state index in [1.54, 1.807) is 0 Å². The minimum absolute atomic E-state index is 0. The van der Waals surface area contributed by atoms with Crippen LogP contribution in [-0.2, 0) is 10.0 Å². The number of pyridine rings is 1. The van der Waals surface area contributed by atoms with E-state index >= 15 is 0 Å². The smallest absolute Gasteiger partial charge is 0.246 e. The van der Waals surface area contributed by atoms with Gasteiger partial charge >= 0.3 is 0 Å². The Morgan fingerprint density at radius 3 is 2.72 bits per heavy atom. The largest absolute Gasteiger partial charge is 0.383 e. The fourth-order valence-electron chi connectivity index (χ4n) is 1.75. The molecule has 0 saturated carbocycles. The van der Waals surface area contributed by atoms with Crippen LogP contribution in [0.5, 0.6) is 0 Å². The fraction of sp³-hybridized carbons (Fsp3) is 0.444. The maximum atomic E-state index is 12.2. The van der Waals surface area contributed by atoms with Crippen LogP contribution < -0.4 is 11.5 Å². The van der Waals surface area contributed by atoms with Crippen LogP contribution in [0, 0.1) is 0 Å². The monoisotopic (exact) mass is 312 g/mol. The second-order valence-electron chi connectivity index (χ2n) is 3.95. The van der Waals surface area contributed by atoms with Crippen molar-refractivity contribution in [1.82, 2.24) is 9.29 Å². The van der Waals surface area contributed by atoms with Gasteiger partial charge in [-0.2, -0.15) is 4.31 Å². The average Bonchev–Trinajstić information content (AvgIpc) is 2.69. The number of halogens is 2. The van der Waals surface area contributed by atoms with Gasteiger partial charge in [0, 0.05) is 25.3 Å². The first-order chi connectivity index (χ1) is 7.91. The highest BCUT2D eigenvalue weighted by atomic mass is 35.5. The summed E-state index contributed by atoms with van der Waals surface area (Å²) in [5.41, 5.74) is 11.3. The number of anilines is 1. The maximum absolute atomic E-state index is 12.2. The van der Waals surface area contributed by atoms with Crippen LogP contribution in [0.2, 0.25) is 5.02 Å². The fourth-order valence-corrected chi connectivity index (χ4v) is 3.58. The Hall–Kier alpha value is -0.600. The highest BCUT2D eigenvalue weighted by molar-refractivity contribution is 7.89. The van der Waals surface area contributed by atoms with Crippen LogP contribution >= 0.6 is 24.0 Å². The third-order valence-electron chi connectivity index (χ3n) is 2.65. The molecule has 0 unspecified atom stereocenters. The van der Waals surface area contributed by atoms with Gasteiger partial charge in [0.15, 0.2) is 0 Å². The molecule has 0 bridgehead atoms. The van der Waals surface area contributed by atoms with E-state index in [2.05, 4.69) is 4.98 Å². The first-order valence-electron chi connectivity index (χ1n) is 5.08. The molecule has 1 aromatic heterocycles. The highest BCUT2D eigenvalue weighted by Gasteiger charge is 2.32. The van der Waals surface area contributed by atoms with Crippen molar-refractivity contribution in [2.75, 3.05) is 18.8 Å². The molecule has 0 aromatic carbocycles. The number of nitrogens with two attached hydrogens (primary N) is 2. The predicted octanol–water partition coefficient (Wildman–Crippen LogP) is 0.461. The van der Waals surface area contributed by atoms with Crippen LogP contribution in [-0.4, -0.2) is 36.8 Å². The zero-order chi connectivity index (χ0) is 12.6. The minimum Gasteiger partial charge on any atom is -0.383 e. The van der Waals surface area contributed by atoms with E-state index in [9.17, 15) is 8.42 Å². The Labute approximate surface area is 117 Å². The Morgan fingerprint density at radius 2 is 2.17 bits per heavy atom. The Bertz CT molecular complexity index is 537. The lowest BCUT2D eigenvalue weighted by molar-refractivity contribution is 0.472. The van der Waals surface area contributed by atoms with Gasteiger partial charge in [-0.1, -0.05) is 11.6 Å². The lowest BCUT2D eigenvalue weighted by Crippen LogP contribution is -2.32. The summed E-state index contributed by atoms with van der Waals surface area (Å²) in [6.45, 7) is 0.698. The van der Waals surface area contributed by atoms with Crippen molar-refractivity contribution >= 4 is 39.8 Å². The van der Waals surface area contributed by atoms with Gasteiger partial charge in [0.2, 0.25) is 10.0 Å². The molecule has 1 aliphatic heterocycles. The summed E-state index contributed by atoms with van der Waals surface area (Å²) in [6.07, 6.45) is 1.96. The molecule has 9 heteroatoms. The first-order valence-corrected chi connectivity index (χ1v) is 6.90. The summed E-state index contributed by atoms with van der Waals surface area (Å²) in [4.78, 5) is 3.69. The third kappa shape index (κ3) is 2.86. The van der Waals surface area contributed by atoms with Crippen LogP contribution in [0.1, 0.15) is 6.42 Å². The quantitative estimate of drug-likeness (QED) is 0.826. The van der Waals surface area contributed by atoms with E-state index in [-0.39, 0.29) is 34.2 Å². The summed E-state index contributed by atoms with van der Waals surface area (Å²) >= 11 is 5.73. The van der Waals surface area contributed by atoms with Crippen LogP contribution in [0.15, 0.2) is 17.2 Å². The van der Waals surface area contributed by atoms with Gasteiger partial charge in [-0.25, -0.2) is 13.4 Å². The lowest BCUT2D eigenvalue weighted by atomic mass is 10.3. The topological polar surface area (TPSA) is 102 Å². The van der Waals surface area contributed by atoms with Gasteiger partial charge in [-0.05, 0) is 12.5 Å². The van der Waals surface area contributed by atoms with Gasteiger partial charge < -0.3 is 11.5 Å². The lowest BCUT2D eigenvalue weighted by Gasteiger charge is -2.16. The van der Waals surface area contributed by atoms with E-state index in [4.69, 9.17) is 23.1 Å². The highest BCUT2D eigenvalue weighted by Crippen LogP contribution is 2.25. The molecule has 0 amide bonds. The standard InChI is InChI=1S/C9H13ClN4O2S.ClH/c10-6-3-8(9(12)13-4-6)17(15,16)14-2-1-7(11)5-14;/h3-4,7H,1-2,5,11H2,(H2,12,13);1H/t7-;/m1./s1. The number of nitrogens with zero attached hydrogens (tertiary/aromatic N) is 2.